The quantitative estimate of drug-likeness (QED) is 0.457. The third-order valence-electron chi connectivity index (χ3n) is 2.17. The van der Waals surface area contributed by atoms with Crippen LogP contribution in [0.4, 0.5) is 0 Å². The molecule has 0 amide bonds. The Morgan fingerprint density at radius 2 is 2.50 bits per heavy atom. The highest BCUT2D eigenvalue weighted by Gasteiger charge is 2.29. The highest BCUT2D eigenvalue weighted by Crippen LogP contribution is 2.07. The number of nitrogens with zero attached hydrogens (tertiary/aromatic N) is 1. The third-order valence-corrected chi connectivity index (χ3v) is 2.17. The zero-order chi connectivity index (χ0) is 10.4. The van der Waals surface area contributed by atoms with Crippen LogP contribution >= 0.6 is 0 Å². The van der Waals surface area contributed by atoms with Crippen molar-refractivity contribution >= 4 is 5.97 Å². The molecule has 0 aromatic rings. The van der Waals surface area contributed by atoms with Gasteiger partial charge in [0, 0.05) is 6.54 Å². The molecule has 1 atom stereocenters. The summed E-state index contributed by atoms with van der Waals surface area (Å²) in [7, 11) is 1.39. The molecule has 14 heavy (non-hydrogen) atoms. The minimum Gasteiger partial charge on any atom is -0.468 e. The van der Waals surface area contributed by atoms with Crippen molar-refractivity contribution < 1.29 is 14.3 Å². The summed E-state index contributed by atoms with van der Waals surface area (Å²) >= 11 is 0. The van der Waals surface area contributed by atoms with Crippen molar-refractivity contribution in [2.24, 2.45) is 0 Å². The molecule has 0 bridgehead atoms. The lowest BCUT2D eigenvalue weighted by atomic mass is 10.2. The van der Waals surface area contributed by atoms with Gasteiger partial charge in [-0.15, -0.1) is 5.92 Å². The fourth-order valence-electron chi connectivity index (χ4n) is 1.36. The lowest BCUT2D eigenvalue weighted by Gasteiger charge is -2.31. The maximum Gasteiger partial charge on any atom is 0.325 e. The fourth-order valence-corrected chi connectivity index (χ4v) is 1.36. The Balaban J connectivity index is 2.57. The Labute approximate surface area is 84.2 Å². The predicted octanol–water partition coefficient (Wildman–Crippen LogP) is -0.117. The minimum absolute atomic E-state index is 0.248. The van der Waals surface area contributed by atoms with Gasteiger partial charge in [-0.2, -0.15) is 0 Å². The van der Waals surface area contributed by atoms with Crippen molar-refractivity contribution in [1.82, 2.24) is 4.90 Å². The van der Waals surface area contributed by atoms with E-state index in [1.807, 2.05) is 4.90 Å². The lowest BCUT2D eigenvalue weighted by molar-refractivity contribution is -0.152. The monoisotopic (exact) mass is 197 g/mol. The standard InChI is InChI=1S/C10H15NO3/c1-3-4-5-11-6-7-14-8-9(11)10(12)13-2/h9H,5-8H2,1-2H3. The summed E-state index contributed by atoms with van der Waals surface area (Å²) in [4.78, 5) is 13.3. The summed E-state index contributed by atoms with van der Waals surface area (Å²) in [5.74, 6) is 5.50. The number of morpholine rings is 1. The van der Waals surface area contributed by atoms with E-state index in [-0.39, 0.29) is 12.0 Å². The molecule has 78 valence electrons. The van der Waals surface area contributed by atoms with Gasteiger partial charge in [0.2, 0.25) is 0 Å². The Morgan fingerprint density at radius 3 is 3.14 bits per heavy atom. The second kappa shape index (κ2) is 5.63. The Morgan fingerprint density at radius 1 is 1.71 bits per heavy atom. The highest BCUT2D eigenvalue weighted by atomic mass is 16.5. The van der Waals surface area contributed by atoms with E-state index in [9.17, 15) is 4.79 Å². The first-order valence-corrected chi connectivity index (χ1v) is 4.58. The zero-order valence-corrected chi connectivity index (χ0v) is 8.58. The van der Waals surface area contributed by atoms with Gasteiger partial charge in [-0.25, -0.2) is 0 Å². The predicted molar refractivity (Wildman–Crippen MR) is 51.6 cm³/mol. The number of rotatable bonds is 2. The second-order valence-corrected chi connectivity index (χ2v) is 3.01. The summed E-state index contributed by atoms with van der Waals surface area (Å²) in [6, 6.07) is -0.297. The molecule has 1 heterocycles. The highest BCUT2D eigenvalue weighted by molar-refractivity contribution is 5.76. The molecular formula is C10H15NO3. The van der Waals surface area contributed by atoms with Gasteiger partial charge in [-0.05, 0) is 6.92 Å². The average molecular weight is 197 g/mol. The zero-order valence-electron chi connectivity index (χ0n) is 8.58. The largest absolute Gasteiger partial charge is 0.468 e. The van der Waals surface area contributed by atoms with E-state index in [2.05, 4.69) is 11.8 Å². The normalized spacial score (nSPS) is 22.3. The number of carbonyl (C=O) groups is 1. The Bertz CT molecular complexity index is 254. The van der Waals surface area contributed by atoms with Crippen LogP contribution in [0, 0.1) is 11.8 Å². The topological polar surface area (TPSA) is 38.8 Å². The van der Waals surface area contributed by atoms with E-state index < -0.39 is 0 Å². The third kappa shape index (κ3) is 2.72. The number of esters is 1. The van der Waals surface area contributed by atoms with Gasteiger partial charge >= 0.3 is 5.97 Å². The van der Waals surface area contributed by atoms with Crippen molar-refractivity contribution in [3.8, 4) is 11.8 Å². The van der Waals surface area contributed by atoms with E-state index >= 15 is 0 Å². The molecule has 0 spiro atoms. The van der Waals surface area contributed by atoms with Crippen LogP contribution in [-0.2, 0) is 14.3 Å². The van der Waals surface area contributed by atoms with Gasteiger partial charge in [0.15, 0.2) is 0 Å². The molecule has 1 aliphatic heterocycles. The van der Waals surface area contributed by atoms with Gasteiger partial charge in [0.05, 0.1) is 26.9 Å². The number of hydrogen-bond acceptors (Lipinski definition) is 4. The molecule has 1 fully saturated rings. The summed E-state index contributed by atoms with van der Waals surface area (Å²) < 4.78 is 9.92. The second-order valence-electron chi connectivity index (χ2n) is 3.01. The summed E-state index contributed by atoms with van der Waals surface area (Å²) in [6.07, 6.45) is 0. The van der Waals surface area contributed by atoms with Gasteiger partial charge in [-0.3, -0.25) is 9.69 Å². The van der Waals surface area contributed by atoms with Crippen LogP contribution in [-0.4, -0.2) is 50.3 Å². The molecule has 1 saturated heterocycles. The van der Waals surface area contributed by atoms with E-state index in [0.717, 1.165) is 6.54 Å². The van der Waals surface area contributed by atoms with Gasteiger partial charge in [0.25, 0.3) is 0 Å². The first-order chi connectivity index (χ1) is 6.79. The molecule has 0 radical (unpaired) electrons. The average Bonchev–Trinajstić information content (AvgIpc) is 2.25. The van der Waals surface area contributed by atoms with Crippen molar-refractivity contribution in [2.45, 2.75) is 13.0 Å². The van der Waals surface area contributed by atoms with Gasteiger partial charge in [-0.1, -0.05) is 5.92 Å². The Hall–Kier alpha value is -1.05. The summed E-state index contributed by atoms with van der Waals surface area (Å²) in [6.45, 7) is 4.17. The van der Waals surface area contributed by atoms with E-state index in [1.54, 1.807) is 6.92 Å². The SMILES string of the molecule is CC#CCN1CCOCC1C(=O)OC. The smallest absolute Gasteiger partial charge is 0.325 e. The minimum atomic E-state index is -0.297. The fraction of sp³-hybridized carbons (Fsp3) is 0.700. The van der Waals surface area contributed by atoms with Crippen molar-refractivity contribution in [1.29, 1.82) is 0 Å². The number of carbonyl (C=O) groups excluding carboxylic acids is 1. The number of hydrogen-bond donors (Lipinski definition) is 0. The number of methoxy groups -OCH3 is 1. The first-order valence-electron chi connectivity index (χ1n) is 4.58. The van der Waals surface area contributed by atoms with Crippen molar-refractivity contribution in [3.63, 3.8) is 0 Å². The van der Waals surface area contributed by atoms with Crippen molar-refractivity contribution in [2.75, 3.05) is 33.4 Å². The van der Waals surface area contributed by atoms with Gasteiger partial charge < -0.3 is 9.47 Å². The van der Waals surface area contributed by atoms with Crippen LogP contribution in [0.2, 0.25) is 0 Å². The Kier molecular flexibility index (Phi) is 4.44. The molecule has 4 heteroatoms. The van der Waals surface area contributed by atoms with E-state index in [0.29, 0.717) is 19.8 Å². The summed E-state index contributed by atoms with van der Waals surface area (Å²) in [5.41, 5.74) is 0. The maximum absolute atomic E-state index is 11.3. The molecule has 0 aromatic heterocycles. The van der Waals surface area contributed by atoms with Crippen LogP contribution in [0.1, 0.15) is 6.92 Å². The molecule has 1 rings (SSSR count). The van der Waals surface area contributed by atoms with Crippen LogP contribution in [0.25, 0.3) is 0 Å². The molecule has 0 N–H and O–H groups in total. The van der Waals surface area contributed by atoms with E-state index in [1.165, 1.54) is 7.11 Å². The molecule has 4 nitrogen and oxygen atoms in total. The lowest BCUT2D eigenvalue weighted by Crippen LogP contribution is -2.50. The van der Waals surface area contributed by atoms with Crippen LogP contribution in [0.5, 0.6) is 0 Å². The maximum atomic E-state index is 11.3. The molecular weight excluding hydrogens is 182 g/mol. The molecule has 1 aliphatic rings. The molecule has 1 unspecified atom stereocenters. The van der Waals surface area contributed by atoms with E-state index in [4.69, 9.17) is 9.47 Å². The first kappa shape index (κ1) is 11.0. The van der Waals surface area contributed by atoms with Crippen LogP contribution in [0.3, 0.4) is 0 Å². The summed E-state index contributed by atoms with van der Waals surface area (Å²) in [5, 5.41) is 0. The van der Waals surface area contributed by atoms with Crippen LogP contribution in [0.15, 0.2) is 0 Å². The van der Waals surface area contributed by atoms with Crippen LogP contribution < -0.4 is 0 Å². The van der Waals surface area contributed by atoms with Gasteiger partial charge in [0.1, 0.15) is 6.04 Å². The molecule has 0 aromatic carbocycles. The van der Waals surface area contributed by atoms with Crippen molar-refractivity contribution in [3.05, 3.63) is 0 Å². The molecule has 0 saturated carbocycles. The molecule has 0 aliphatic carbocycles. The number of ether oxygens (including phenoxy) is 2.